The first-order chi connectivity index (χ1) is 13.0. The highest BCUT2D eigenvalue weighted by Crippen LogP contribution is 2.43. The molecular weight excluding hydrogens is 414 g/mol. The van der Waals surface area contributed by atoms with E-state index in [9.17, 15) is 10.2 Å². The molecule has 3 nitrogen and oxygen atoms in total. The van der Waals surface area contributed by atoms with E-state index in [4.69, 9.17) is 0 Å². The third kappa shape index (κ3) is 3.85. The number of phenolic OH excluding ortho intramolecular Hbond substituents is 2. The van der Waals surface area contributed by atoms with Crippen LogP contribution in [0.5, 0.6) is 11.5 Å². The van der Waals surface area contributed by atoms with Crippen molar-refractivity contribution in [3.05, 3.63) is 65.7 Å². The van der Waals surface area contributed by atoms with Crippen molar-refractivity contribution in [2.75, 3.05) is 14.1 Å². The van der Waals surface area contributed by atoms with Crippen molar-refractivity contribution in [2.24, 2.45) is 5.92 Å². The highest BCUT2D eigenvalue weighted by molar-refractivity contribution is 5.85. The Kier molecular flexibility index (Phi) is 6.21. The molecule has 2 bridgehead atoms. The minimum Gasteiger partial charge on any atom is -1.00 e. The molecule has 2 N–H and O–H groups in total. The van der Waals surface area contributed by atoms with Gasteiger partial charge in [0.1, 0.15) is 11.5 Å². The van der Waals surface area contributed by atoms with E-state index < -0.39 is 0 Å². The van der Waals surface area contributed by atoms with Crippen molar-refractivity contribution in [1.29, 1.82) is 0 Å². The van der Waals surface area contributed by atoms with Crippen LogP contribution in [0.25, 0.3) is 5.57 Å². The maximum Gasteiger partial charge on any atom is 0.123 e. The highest BCUT2D eigenvalue weighted by Gasteiger charge is 2.45. The molecular formula is C24H30BrNO2. The monoisotopic (exact) mass is 443 g/mol. The molecule has 150 valence electrons. The van der Waals surface area contributed by atoms with Crippen LogP contribution in [0.3, 0.4) is 0 Å². The van der Waals surface area contributed by atoms with E-state index in [1.165, 1.54) is 32.1 Å². The van der Waals surface area contributed by atoms with E-state index in [2.05, 4.69) is 20.2 Å². The zero-order valence-electron chi connectivity index (χ0n) is 16.7. The normalized spacial score (nSPS) is 25.4. The number of para-hydroxylation sites is 2. The molecule has 2 aliphatic rings. The number of quaternary nitrogens is 1. The lowest BCUT2D eigenvalue weighted by Crippen LogP contribution is -3.00. The summed E-state index contributed by atoms with van der Waals surface area (Å²) >= 11 is 0. The average molecular weight is 444 g/mol. The van der Waals surface area contributed by atoms with E-state index in [0.717, 1.165) is 21.2 Å². The largest absolute Gasteiger partial charge is 1.00 e. The molecule has 0 amide bonds. The van der Waals surface area contributed by atoms with Crippen LogP contribution in [0.15, 0.2) is 54.6 Å². The van der Waals surface area contributed by atoms with Gasteiger partial charge in [0.05, 0.1) is 26.2 Å². The number of hydrogen-bond acceptors (Lipinski definition) is 2. The van der Waals surface area contributed by atoms with Crippen molar-refractivity contribution in [3.8, 4) is 11.5 Å². The number of allylic oxidation sites excluding steroid dienone is 1. The molecule has 2 aromatic carbocycles. The number of halogens is 1. The molecule has 0 aromatic heterocycles. The van der Waals surface area contributed by atoms with Gasteiger partial charge in [0.25, 0.3) is 0 Å². The van der Waals surface area contributed by atoms with Crippen LogP contribution >= 0.6 is 0 Å². The van der Waals surface area contributed by atoms with Gasteiger partial charge in [-0.3, -0.25) is 0 Å². The first-order valence-corrected chi connectivity index (χ1v) is 10.1. The van der Waals surface area contributed by atoms with Crippen molar-refractivity contribution in [3.63, 3.8) is 0 Å². The zero-order valence-corrected chi connectivity index (χ0v) is 18.3. The van der Waals surface area contributed by atoms with E-state index in [1.54, 1.807) is 12.1 Å². The van der Waals surface area contributed by atoms with Crippen LogP contribution in [-0.2, 0) is 0 Å². The number of hydrogen-bond donors (Lipinski definition) is 2. The highest BCUT2D eigenvalue weighted by atomic mass is 79.9. The Morgan fingerprint density at radius 2 is 1.32 bits per heavy atom. The van der Waals surface area contributed by atoms with Crippen molar-refractivity contribution >= 4 is 5.57 Å². The fourth-order valence-corrected chi connectivity index (χ4v) is 5.23. The molecule has 4 heteroatoms. The predicted molar refractivity (Wildman–Crippen MR) is 110 cm³/mol. The summed E-state index contributed by atoms with van der Waals surface area (Å²) < 4.78 is 1.15. The molecule has 0 aliphatic carbocycles. The second-order valence-corrected chi connectivity index (χ2v) is 8.71. The molecule has 2 saturated heterocycles. The second kappa shape index (κ2) is 8.30. The van der Waals surface area contributed by atoms with E-state index in [-0.39, 0.29) is 28.5 Å². The third-order valence-electron chi connectivity index (χ3n) is 6.90. The molecule has 2 aliphatic heterocycles. The van der Waals surface area contributed by atoms with Crippen molar-refractivity contribution in [2.45, 2.75) is 44.2 Å². The lowest BCUT2D eigenvalue weighted by molar-refractivity contribution is -0.950. The molecule has 0 spiro atoms. The van der Waals surface area contributed by atoms with Gasteiger partial charge < -0.3 is 31.7 Å². The molecule has 28 heavy (non-hydrogen) atoms. The average Bonchev–Trinajstić information content (AvgIpc) is 2.61. The quantitative estimate of drug-likeness (QED) is 0.711. The summed E-state index contributed by atoms with van der Waals surface area (Å²) in [7, 11) is 4.78. The predicted octanol–water partition coefficient (Wildman–Crippen LogP) is 1.94. The maximum absolute atomic E-state index is 10.5. The van der Waals surface area contributed by atoms with Gasteiger partial charge in [-0.05, 0) is 42.9 Å². The third-order valence-corrected chi connectivity index (χ3v) is 6.90. The van der Waals surface area contributed by atoms with Crippen LogP contribution in [0, 0.1) is 5.92 Å². The number of piperidine rings is 2. The molecule has 2 fully saturated rings. The Balaban J connectivity index is 0.00000225. The van der Waals surface area contributed by atoms with Gasteiger partial charge in [0, 0.05) is 24.0 Å². The molecule has 2 aromatic rings. The Morgan fingerprint density at radius 1 is 0.857 bits per heavy atom. The van der Waals surface area contributed by atoms with Crippen LogP contribution in [-0.4, -0.2) is 40.9 Å². The Morgan fingerprint density at radius 3 is 1.79 bits per heavy atom. The first kappa shape index (κ1) is 20.9. The first-order valence-electron chi connectivity index (χ1n) is 10.1. The lowest BCUT2D eigenvalue weighted by Gasteiger charge is -2.53. The summed E-state index contributed by atoms with van der Waals surface area (Å²) in [5.41, 5.74) is 2.54. The van der Waals surface area contributed by atoms with Crippen molar-refractivity contribution in [1.82, 2.24) is 0 Å². The van der Waals surface area contributed by atoms with Crippen molar-refractivity contribution < 1.29 is 31.7 Å². The minimum atomic E-state index is 0. The number of rotatable bonds is 3. The fraction of sp³-hybridized carbons (Fsp3) is 0.417. The van der Waals surface area contributed by atoms with Crippen LogP contribution in [0.1, 0.15) is 43.2 Å². The second-order valence-electron chi connectivity index (χ2n) is 8.71. The lowest BCUT2D eigenvalue weighted by atomic mass is 9.75. The van der Waals surface area contributed by atoms with Gasteiger partial charge in [0.15, 0.2) is 0 Å². The number of aromatic hydroxyl groups is 2. The number of fused-ring (bicyclic) bond motifs is 2. The summed E-state index contributed by atoms with van der Waals surface area (Å²) in [5.74, 6) is 0.999. The number of phenols is 2. The zero-order chi connectivity index (χ0) is 19.0. The summed E-state index contributed by atoms with van der Waals surface area (Å²) in [6.45, 7) is 0. The molecule has 0 radical (unpaired) electrons. The molecule has 3 atom stereocenters. The van der Waals surface area contributed by atoms with Gasteiger partial charge in [-0.15, -0.1) is 0 Å². The molecule has 0 unspecified atom stereocenters. The Labute approximate surface area is 178 Å². The summed E-state index contributed by atoms with van der Waals surface area (Å²) in [6, 6.07) is 16.3. The van der Waals surface area contributed by atoms with E-state index in [1.807, 2.05) is 36.4 Å². The molecule has 0 saturated carbocycles. The van der Waals surface area contributed by atoms with Gasteiger partial charge in [-0.1, -0.05) is 42.5 Å². The van der Waals surface area contributed by atoms with E-state index >= 15 is 0 Å². The number of benzene rings is 2. The summed E-state index contributed by atoms with van der Waals surface area (Å²) in [4.78, 5) is 0. The smallest absolute Gasteiger partial charge is 0.123 e. The van der Waals surface area contributed by atoms with Crippen LogP contribution < -0.4 is 17.0 Å². The van der Waals surface area contributed by atoms with E-state index in [0.29, 0.717) is 18.0 Å². The molecule has 2 heterocycles. The minimum absolute atomic E-state index is 0. The standard InChI is InChI=1S/C24H29NO2.BrH/c1-25(2)18-8-7-9-19(25)15-17(14-18)16-22(20-10-3-5-12-23(20)26)21-11-4-6-13-24(21)27;/h3-6,10-13,16-19H,7-9,14-15H2,1-2H3,(H-,26,27);1H/t17-,18+,19-;. The van der Waals surface area contributed by atoms with Gasteiger partial charge >= 0.3 is 0 Å². The SMILES string of the molecule is C[N+]1(C)[C@@H]2CCC[C@H]1C[C@@H](C=C(c1ccccc1O)c1ccccc1O)C2.[Br-]. The number of nitrogens with zero attached hydrogens (tertiary/aromatic N) is 1. The van der Waals surface area contributed by atoms with Gasteiger partial charge in [-0.2, -0.15) is 0 Å². The Hall–Kier alpha value is -1.78. The fourth-order valence-electron chi connectivity index (χ4n) is 5.23. The summed E-state index contributed by atoms with van der Waals surface area (Å²) in [6.07, 6.45) is 8.61. The van der Waals surface area contributed by atoms with Crippen LogP contribution in [0.2, 0.25) is 0 Å². The Bertz CT molecular complexity index is 798. The van der Waals surface area contributed by atoms with Gasteiger partial charge in [0.2, 0.25) is 0 Å². The summed E-state index contributed by atoms with van der Waals surface area (Å²) in [5, 5.41) is 21.0. The molecule has 4 rings (SSSR count). The van der Waals surface area contributed by atoms with Crippen LogP contribution in [0.4, 0.5) is 0 Å². The topological polar surface area (TPSA) is 40.5 Å². The maximum atomic E-state index is 10.5. The van der Waals surface area contributed by atoms with Gasteiger partial charge in [-0.25, -0.2) is 0 Å².